The second-order valence-corrected chi connectivity index (χ2v) is 5.48. The monoisotopic (exact) mass is 289 g/mol. The molecule has 5 heteroatoms. The lowest BCUT2D eigenvalue weighted by Gasteiger charge is -2.24. The fourth-order valence-electron chi connectivity index (χ4n) is 3.10. The van der Waals surface area contributed by atoms with E-state index >= 15 is 0 Å². The number of anilines is 1. The number of aromatic amines is 1. The molecule has 0 saturated carbocycles. The number of nitrogens with zero attached hydrogens (tertiary/aromatic N) is 4. The maximum atomic E-state index is 9.03. The van der Waals surface area contributed by atoms with Crippen LogP contribution in [0.3, 0.4) is 0 Å². The van der Waals surface area contributed by atoms with Gasteiger partial charge < -0.3 is 9.88 Å². The number of nitriles is 1. The van der Waals surface area contributed by atoms with Gasteiger partial charge in [0.25, 0.3) is 0 Å². The zero-order valence-electron chi connectivity index (χ0n) is 12.0. The average Bonchev–Trinajstić information content (AvgIpc) is 3.21. The van der Waals surface area contributed by atoms with E-state index in [-0.39, 0.29) is 6.04 Å². The van der Waals surface area contributed by atoms with Gasteiger partial charge >= 0.3 is 0 Å². The number of fused-ring (bicyclic) bond motifs is 1. The summed E-state index contributed by atoms with van der Waals surface area (Å²) >= 11 is 0. The van der Waals surface area contributed by atoms with Gasteiger partial charge in [0.15, 0.2) is 0 Å². The zero-order chi connectivity index (χ0) is 14.9. The second-order valence-electron chi connectivity index (χ2n) is 5.48. The summed E-state index contributed by atoms with van der Waals surface area (Å²) in [5, 5.41) is 9.03. The van der Waals surface area contributed by atoms with Crippen LogP contribution in [-0.4, -0.2) is 21.5 Å². The first-order valence-corrected chi connectivity index (χ1v) is 7.43. The van der Waals surface area contributed by atoms with Crippen molar-refractivity contribution >= 4 is 16.9 Å². The summed E-state index contributed by atoms with van der Waals surface area (Å²) in [7, 11) is 0. The van der Waals surface area contributed by atoms with Gasteiger partial charge in [0, 0.05) is 6.54 Å². The molecular weight excluding hydrogens is 274 g/mol. The third-order valence-electron chi connectivity index (χ3n) is 4.12. The summed E-state index contributed by atoms with van der Waals surface area (Å²) in [5.41, 5.74) is 2.50. The number of hydrogen-bond donors (Lipinski definition) is 1. The van der Waals surface area contributed by atoms with Crippen molar-refractivity contribution in [3.05, 3.63) is 54.0 Å². The molecule has 1 unspecified atom stereocenters. The van der Waals surface area contributed by atoms with Gasteiger partial charge in [0.05, 0.1) is 17.1 Å². The highest BCUT2D eigenvalue weighted by atomic mass is 15.2. The number of rotatable bonds is 2. The van der Waals surface area contributed by atoms with Crippen LogP contribution < -0.4 is 4.90 Å². The van der Waals surface area contributed by atoms with E-state index in [9.17, 15) is 0 Å². The number of nitrogens with one attached hydrogen (secondary N) is 1. The number of H-pyrrole nitrogens is 1. The van der Waals surface area contributed by atoms with Crippen LogP contribution in [0.25, 0.3) is 11.0 Å². The lowest BCUT2D eigenvalue weighted by Crippen LogP contribution is -2.24. The average molecular weight is 289 g/mol. The molecule has 0 amide bonds. The molecule has 4 rings (SSSR count). The summed E-state index contributed by atoms with van der Waals surface area (Å²) in [6.07, 6.45) is 2.14. The van der Waals surface area contributed by atoms with Crippen molar-refractivity contribution in [3.63, 3.8) is 0 Å². The minimum Gasteiger partial charge on any atom is -0.346 e. The van der Waals surface area contributed by atoms with Gasteiger partial charge in [-0.3, -0.25) is 0 Å². The molecule has 0 radical (unpaired) electrons. The van der Waals surface area contributed by atoms with Gasteiger partial charge in [-0.15, -0.1) is 0 Å². The Labute approximate surface area is 128 Å². The van der Waals surface area contributed by atoms with E-state index in [2.05, 4.69) is 20.9 Å². The standard InChI is InChI=1S/C17H15N5/c18-11-12-5-3-9-16(19-12)22-10-4-8-15(22)17-20-13-6-1-2-7-14(13)21-17/h1-3,5-7,9,15H,4,8,10H2,(H,20,21). The van der Waals surface area contributed by atoms with Crippen LogP contribution in [0.1, 0.15) is 30.4 Å². The number of benzene rings is 1. The van der Waals surface area contributed by atoms with Gasteiger partial charge in [0.2, 0.25) is 0 Å². The van der Waals surface area contributed by atoms with Crippen LogP contribution in [0.4, 0.5) is 5.82 Å². The number of imidazole rings is 1. The van der Waals surface area contributed by atoms with Gasteiger partial charge in [-0.25, -0.2) is 9.97 Å². The highest BCUT2D eigenvalue weighted by molar-refractivity contribution is 5.75. The van der Waals surface area contributed by atoms with Gasteiger partial charge in [-0.2, -0.15) is 5.26 Å². The second kappa shape index (κ2) is 5.15. The Morgan fingerprint density at radius 1 is 1.14 bits per heavy atom. The molecule has 108 valence electrons. The normalized spacial score (nSPS) is 17.8. The fourth-order valence-corrected chi connectivity index (χ4v) is 3.10. The van der Waals surface area contributed by atoms with Gasteiger partial charge in [-0.05, 0) is 37.1 Å². The molecule has 0 aliphatic carbocycles. The molecule has 5 nitrogen and oxygen atoms in total. The molecule has 1 saturated heterocycles. The highest BCUT2D eigenvalue weighted by Gasteiger charge is 2.29. The van der Waals surface area contributed by atoms with Crippen LogP contribution in [0, 0.1) is 11.3 Å². The van der Waals surface area contributed by atoms with Crippen LogP contribution in [0.15, 0.2) is 42.5 Å². The minimum absolute atomic E-state index is 0.189. The predicted molar refractivity (Wildman–Crippen MR) is 84.4 cm³/mol. The SMILES string of the molecule is N#Cc1cccc(N2CCCC2c2nc3ccccc3[nH]2)n1. The Morgan fingerprint density at radius 3 is 2.91 bits per heavy atom. The molecule has 3 aromatic rings. The largest absolute Gasteiger partial charge is 0.346 e. The third-order valence-corrected chi connectivity index (χ3v) is 4.12. The van der Waals surface area contributed by atoms with Crippen LogP contribution in [0.2, 0.25) is 0 Å². The highest BCUT2D eigenvalue weighted by Crippen LogP contribution is 2.34. The quantitative estimate of drug-likeness (QED) is 0.786. The van der Waals surface area contributed by atoms with Crippen molar-refractivity contribution in [2.24, 2.45) is 0 Å². The molecule has 3 heterocycles. The van der Waals surface area contributed by atoms with E-state index in [1.807, 2.05) is 36.4 Å². The molecule has 1 aromatic carbocycles. The fraction of sp³-hybridized carbons (Fsp3) is 0.235. The van der Waals surface area contributed by atoms with E-state index in [1.54, 1.807) is 6.07 Å². The Balaban J connectivity index is 1.72. The van der Waals surface area contributed by atoms with Crippen LogP contribution in [0.5, 0.6) is 0 Å². The summed E-state index contributed by atoms with van der Waals surface area (Å²) in [6, 6.07) is 15.9. The van der Waals surface area contributed by atoms with Crippen molar-refractivity contribution in [2.75, 3.05) is 11.4 Å². The topological polar surface area (TPSA) is 68.6 Å². The molecule has 0 spiro atoms. The Hall–Kier alpha value is -2.87. The Morgan fingerprint density at radius 2 is 2.05 bits per heavy atom. The van der Waals surface area contributed by atoms with Crippen molar-refractivity contribution in [1.82, 2.24) is 15.0 Å². The summed E-state index contributed by atoms with van der Waals surface area (Å²) in [4.78, 5) is 14.8. The molecule has 22 heavy (non-hydrogen) atoms. The van der Waals surface area contributed by atoms with E-state index in [4.69, 9.17) is 10.2 Å². The first-order valence-electron chi connectivity index (χ1n) is 7.43. The number of hydrogen-bond acceptors (Lipinski definition) is 4. The zero-order valence-corrected chi connectivity index (χ0v) is 12.0. The first kappa shape index (κ1) is 12.8. The van der Waals surface area contributed by atoms with Crippen molar-refractivity contribution in [3.8, 4) is 6.07 Å². The van der Waals surface area contributed by atoms with Crippen molar-refractivity contribution in [2.45, 2.75) is 18.9 Å². The van der Waals surface area contributed by atoms with Crippen LogP contribution in [-0.2, 0) is 0 Å². The lowest BCUT2D eigenvalue weighted by atomic mass is 10.2. The number of aromatic nitrogens is 3. The number of pyridine rings is 1. The maximum Gasteiger partial charge on any atom is 0.142 e. The first-order chi connectivity index (χ1) is 10.8. The van der Waals surface area contributed by atoms with E-state index < -0.39 is 0 Å². The Kier molecular flexibility index (Phi) is 3.01. The lowest BCUT2D eigenvalue weighted by molar-refractivity contribution is 0.672. The van der Waals surface area contributed by atoms with E-state index in [0.29, 0.717) is 5.69 Å². The van der Waals surface area contributed by atoms with E-state index in [1.165, 1.54) is 0 Å². The molecule has 1 aliphatic heterocycles. The third kappa shape index (κ3) is 2.09. The molecule has 1 atom stereocenters. The van der Waals surface area contributed by atoms with Crippen LogP contribution >= 0.6 is 0 Å². The van der Waals surface area contributed by atoms with Gasteiger partial charge in [-0.1, -0.05) is 18.2 Å². The number of para-hydroxylation sites is 2. The molecule has 0 bridgehead atoms. The molecular formula is C17H15N5. The predicted octanol–water partition coefficient (Wildman–Crippen LogP) is 3.17. The molecule has 2 aromatic heterocycles. The summed E-state index contributed by atoms with van der Waals surface area (Å²) in [6.45, 7) is 0.934. The maximum absolute atomic E-state index is 9.03. The van der Waals surface area contributed by atoms with Crippen molar-refractivity contribution < 1.29 is 0 Å². The minimum atomic E-state index is 0.189. The molecule has 1 N–H and O–H groups in total. The van der Waals surface area contributed by atoms with Crippen molar-refractivity contribution in [1.29, 1.82) is 5.26 Å². The van der Waals surface area contributed by atoms with E-state index in [0.717, 1.165) is 42.1 Å². The van der Waals surface area contributed by atoms with Gasteiger partial charge in [0.1, 0.15) is 23.4 Å². The summed E-state index contributed by atoms with van der Waals surface area (Å²) < 4.78 is 0. The summed E-state index contributed by atoms with van der Waals surface area (Å²) in [5.74, 6) is 1.82. The molecule has 1 aliphatic rings. The smallest absolute Gasteiger partial charge is 0.142 e. The Bertz CT molecular complexity index is 828. The molecule has 1 fully saturated rings.